The van der Waals surface area contributed by atoms with E-state index in [-0.39, 0.29) is 12.5 Å². The summed E-state index contributed by atoms with van der Waals surface area (Å²) in [5, 5.41) is 3.26. The topological polar surface area (TPSA) is 73.9 Å². The summed E-state index contributed by atoms with van der Waals surface area (Å²) in [6.45, 7) is 0.137. The third-order valence-electron chi connectivity index (χ3n) is 3.04. The first-order chi connectivity index (χ1) is 10.7. The second-order valence-corrected chi connectivity index (χ2v) is 5.59. The lowest BCUT2D eigenvalue weighted by Gasteiger charge is -2.25. The molecule has 0 aliphatic carbocycles. The molecule has 1 aromatic heterocycles. The average molecular weight is 319 g/mol. The molecule has 7 heteroatoms. The monoisotopic (exact) mass is 319 g/mol. The zero-order valence-corrected chi connectivity index (χ0v) is 12.5. The minimum Gasteiger partial charge on any atom is -0.485 e. The van der Waals surface area contributed by atoms with Crippen LogP contribution in [-0.2, 0) is 9.53 Å². The predicted molar refractivity (Wildman–Crippen MR) is 80.6 cm³/mol. The van der Waals surface area contributed by atoms with Crippen LogP contribution in [0.4, 0.5) is 5.00 Å². The van der Waals surface area contributed by atoms with Gasteiger partial charge in [0.1, 0.15) is 11.5 Å². The van der Waals surface area contributed by atoms with Crippen molar-refractivity contribution in [1.82, 2.24) is 0 Å². The van der Waals surface area contributed by atoms with Gasteiger partial charge in [-0.15, -0.1) is 11.3 Å². The predicted octanol–water partition coefficient (Wildman–Crippen LogP) is 2.31. The number of amides is 1. The van der Waals surface area contributed by atoms with Gasteiger partial charge in [0.05, 0.1) is 12.1 Å². The van der Waals surface area contributed by atoms with E-state index in [4.69, 9.17) is 9.47 Å². The largest absolute Gasteiger partial charge is 0.485 e. The zero-order chi connectivity index (χ0) is 15.5. The minimum atomic E-state index is -0.737. The number of carbonyl (C=O) groups excluding carboxylic acids is 2. The van der Waals surface area contributed by atoms with Crippen molar-refractivity contribution in [3.05, 3.63) is 41.3 Å². The van der Waals surface area contributed by atoms with Crippen LogP contribution in [0, 0.1) is 0 Å². The third kappa shape index (κ3) is 2.89. The van der Waals surface area contributed by atoms with Crippen molar-refractivity contribution in [3.8, 4) is 11.5 Å². The fraction of sp³-hybridized carbons (Fsp3) is 0.200. The smallest absolute Gasteiger partial charge is 0.348 e. The van der Waals surface area contributed by atoms with E-state index in [9.17, 15) is 9.59 Å². The van der Waals surface area contributed by atoms with E-state index in [1.165, 1.54) is 7.11 Å². The highest BCUT2D eigenvalue weighted by Gasteiger charge is 2.27. The molecule has 0 saturated heterocycles. The number of methoxy groups -OCH3 is 1. The van der Waals surface area contributed by atoms with Gasteiger partial charge in [-0.25, -0.2) is 4.79 Å². The Labute approximate surface area is 130 Å². The lowest BCUT2D eigenvalue weighted by atomic mass is 10.2. The Balaban J connectivity index is 1.66. The van der Waals surface area contributed by atoms with Crippen molar-refractivity contribution in [3.63, 3.8) is 0 Å². The first-order valence-corrected chi connectivity index (χ1v) is 7.36. The standard InChI is InChI=1S/C15H13NO5S/c1-19-15(18)12-6-7-13(22-12)16-14(17)11-8-20-9-4-2-3-5-10(9)21-11/h2-7,11H,8H2,1H3,(H,16,17)/t11-/m1/s1. The van der Waals surface area contributed by atoms with E-state index in [0.717, 1.165) is 11.3 Å². The second kappa shape index (κ2) is 6.07. The van der Waals surface area contributed by atoms with Gasteiger partial charge >= 0.3 is 5.97 Å². The van der Waals surface area contributed by atoms with Gasteiger partial charge in [0.15, 0.2) is 11.5 Å². The molecule has 0 saturated carbocycles. The van der Waals surface area contributed by atoms with Crippen LogP contribution in [-0.4, -0.2) is 31.7 Å². The Kier molecular flexibility index (Phi) is 3.97. The Morgan fingerprint density at radius 3 is 2.77 bits per heavy atom. The van der Waals surface area contributed by atoms with Crippen LogP contribution < -0.4 is 14.8 Å². The van der Waals surface area contributed by atoms with E-state index in [1.807, 2.05) is 12.1 Å². The lowest BCUT2D eigenvalue weighted by Crippen LogP contribution is -2.40. The van der Waals surface area contributed by atoms with Gasteiger partial charge in [-0.05, 0) is 24.3 Å². The van der Waals surface area contributed by atoms with Gasteiger partial charge in [0.2, 0.25) is 6.10 Å². The van der Waals surface area contributed by atoms with Crippen LogP contribution in [0.5, 0.6) is 11.5 Å². The number of benzene rings is 1. The van der Waals surface area contributed by atoms with E-state index in [0.29, 0.717) is 21.4 Å². The minimum absolute atomic E-state index is 0.137. The number of fused-ring (bicyclic) bond motifs is 1. The van der Waals surface area contributed by atoms with Crippen molar-refractivity contribution < 1.29 is 23.8 Å². The number of nitrogens with one attached hydrogen (secondary N) is 1. The normalized spacial score (nSPS) is 16.0. The van der Waals surface area contributed by atoms with E-state index < -0.39 is 12.1 Å². The molecule has 1 amide bonds. The molecule has 22 heavy (non-hydrogen) atoms. The highest BCUT2D eigenvalue weighted by atomic mass is 32.1. The summed E-state index contributed by atoms with van der Waals surface area (Å²) < 4.78 is 15.7. The van der Waals surface area contributed by atoms with Gasteiger partial charge in [-0.1, -0.05) is 12.1 Å². The molecule has 0 spiro atoms. The molecule has 1 aliphatic heterocycles. The first kappa shape index (κ1) is 14.4. The van der Waals surface area contributed by atoms with Crippen LogP contribution in [0.3, 0.4) is 0 Å². The summed E-state index contributed by atoms with van der Waals surface area (Å²) in [4.78, 5) is 24.0. The molecule has 0 bridgehead atoms. The van der Waals surface area contributed by atoms with E-state index in [2.05, 4.69) is 10.1 Å². The van der Waals surface area contributed by atoms with Crippen LogP contribution >= 0.6 is 11.3 Å². The highest BCUT2D eigenvalue weighted by Crippen LogP contribution is 2.31. The van der Waals surface area contributed by atoms with Gasteiger partial charge in [0, 0.05) is 0 Å². The van der Waals surface area contributed by atoms with Crippen LogP contribution in [0.15, 0.2) is 36.4 Å². The number of esters is 1. The van der Waals surface area contributed by atoms with Crippen molar-refractivity contribution in [2.45, 2.75) is 6.10 Å². The Hall–Kier alpha value is -2.54. The Morgan fingerprint density at radius 1 is 1.23 bits per heavy atom. The molecule has 1 atom stereocenters. The molecule has 1 aliphatic rings. The van der Waals surface area contributed by atoms with Crippen molar-refractivity contribution in [2.24, 2.45) is 0 Å². The number of hydrogen-bond acceptors (Lipinski definition) is 6. The fourth-order valence-corrected chi connectivity index (χ4v) is 2.79. The first-order valence-electron chi connectivity index (χ1n) is 6.55. The maximum absolute atomic E-state index is 12.2. The van der Waals surface area contributed by atoms with Gasteiger partial charge in [-0.3, -0.25) is 4.79 Å². The molecule has 3 rings (SSSR count). The molecule has 1 N–H and O–H groups in total. The molecular formula is C15H13NO5S. The molecule has 6 nitrogen and oxygen atoms in total. The van der Waals surface area contributed by atoms with Crippen molar-refractivity contribution in [1.29, 1.82) is 0 Å². The maximum atomic E-state index is 12.2. The zero-order valence-electron chi connectivity index (χ0n) is 11.7. The van der Waals surface area contributed by atoms with Crippen molar-refractivity contribution in [2.75, 3.05) is 19.0 Å². The molecule has 0 radical (unpaired) electrons. The second-order valence-electron chi connectivity index (χ2n) is 4.51. The molecule has 1 aromatic carbocycles. The lowest BCUT2D eigenvalue weighted by molar-refractivity contribution is -0.125. The number of ether oxygens (including phenoxy) is 3. The number of para-hydroxylation sites is 2. The summed E-state index contributed by atoms with van der Waals surface area (Å²) in [5.74, 6) is 0.399. The summed E-state index contributed by atoms with van der Waals surface area (Å²) in [6, 6.07) is 10.4. The average Bonchev–Trinajstić information content (AvgIpc) is 3.02. The van der Waals surface area contributed by atoms with E-state index >= 15 is 0 Å². The number of thiophene rings is 1. The van der Waals surface area contributed by atoms with Crippen LogP contribution in [0.25, 0.3) is 0 Å². The van der Waals surface area contributed by atoms with E-state index in [1.54, 1.807) is 24.3 Å². The van der Waals surface area contributed by atoms with Crippen molar-refractivity contribution >= 4 is 28.2 Å². The molecule has 2 heterocycles. The molecular weight excluding hydrogens is 306 g/mol. The third-order valence-corrected chi connectivity index (χ3v) is 4.02. The number of rotatable bonds is 3. The fourth-order valence-electron chi connectivity index (χ4n) is 1.97. The molecule has 2 aromatic rings. The summed E-state index contributed by atoms with van der Waals surface area (Å²) >= 11 is 1.14. The number of carbonyl (C=O) groups is 2. The SMILES string of the molecule is COC(=O)c1ccc(NC(=O)[C@H]2COc3ccccc3O2)s1. The summed E-state index contributed by atoms with van der Waals surface area (Å²) in [5.41, 5.74) is 0. The maximum Gasteiger partial charge on any atom is 0.348 e. The highest BCUT2D eigenvalue weighted by molar-refractivity contribution is 7.18. The summed E-state index contributed by atoms with van der Waals surface area (Å²) in [7, 11) is 1.31. The van der Waals surface area contributed by atoms with Gasteiger partial charge in [-0.2, -0.15) is 0 Å². The quantitative estimate of drug-likeness (QED) is 0.879. The molecule has 0 unspecified atom stereocenters. The number of anilines is 1. The molecule has 0 fully saturated rings. The Morgan fingerprint density at radius 2 is 2.00 bits per heavy atom. The number of hydrogen-bond donors (Lipinski definition) is 1. The van der Waals surface area contributed by atoms with Gasteiger partial charge in [0.25, 0.3) is 5.91 Å². The van der Waals surface area contributed by atoms with Gasteiger partial charge < -0.3 is 19.5 Å². The van der Waals surface area contributed by atoms with Crippen LogP contribution in [0.1, 0.15) is 9.67 Å². The van der Waals surface area contributed by atoms with Crippen LogP contribution in [0.2, 0.25) is 0 Å². The Bertz CT molecular complexity index is 711. The summed E-state index contributed by atoms with van der Waals surface area (Å²) in [6.07, 6.45) is -0.737. The molecule has 114 valence electrons.